The highest BCUT2D eigenvalue weighted by Crippen LogP contribution is 2.38. The van der Waals surface area contributed by atoms with Gasteiger partial charge in [0.25, 0.3) is 7.82 Å². The number of amides is 1. The predicted octanol–water partition coefficient (Wildman–Crippen LogP) is 11.2. The number of phosphoric ester groups is 1. The Hall–Kier alpha value is -2.32. The number of aliphatic hydroxyl groups excluding tert-OH is 1. The monoisotopic (exact) mass is 789 g/mol. The van der Waals surface area contributed by atoms with Crippen LogP contribution in [-0.4, -0.2) is 68.5 Å². The maximum atomic E-state index is 12.8. The van der Waals surface area contributed by atoms with Gasteiger partial charge in [0.05, 0.1) is 39.9 Å². The fourth-order valence-corrected chi connectivity index (χ4v) is 6.20. The molecule has 1 amide bonds. The molecule has 0 aliphatic carbocycles. The quantitative estimate of drug-likeness (QED) is 0.0281. The minimum atomic E-state index is -4.60. The number of aliphatic hydroxyl groups is 1. The van der Waals surface area contributed by atoms with Gasteiger partial charge in [-0.15, -0.1) is 0 Å². The van der Waals surface area contributed by atoms with Gasteiger partial charge in [0.2, 0.25) is 5.91 Å². The Labute approximate surface area is 337 Å². The second-order valence-electron chi connectivity index (χ2n) is 15.3. The van der Waals surface area contributed by atoms with E-state index in [2.05, 4.69) is 92.1 Å². The van der Waals surface area contributed by atoms with Crippen LogP contribution in [0.5, 0.6) is 0 Å². The van der Waals surface area contributed by atoms with E-state index in [1.807, 2.05) is 27.2 Å². The number of nitrogens with one attached hydrogen (secondary N) is 1. The van der Waals surface area contributed by atoms with E-state index >= 15 is 0 Å². The van der Waals surface area contributed by atoms with Crippen molar-refractivity contribution in [3.05, 3.63) is 85.1 Å². The summed E-state index contributed by atoms with van der Waals surface area (Å²) in [6.45, 7) is 4.34. The van der Waals surface area contributed by atoms with Crippen molar-refractivity contribution in [3.8, 4) is 0 Å². The Morgan fingerprint density at radius 3 is 1.62 bits per heavy atom. The minimum absolute atomic E-state index is 0.0145. The zero-order valence-corrected chi connectivity index (χ0v) is 36.5. The van der Waals surface area contributed by atoms with Gasteiger partial charge in [-0.2, -0.15) is 0 Å². The van der Waals surface area contributed by atoms with Crippen molar-refractivity contribution in [2.45, 2.75) is 161 Å². The molecule has 8 nitrogen and oxygen atoms in total. The van der Waals surface area contributed by atoms with E-state index in [1.165, 1.54) is 44.9 Å². The number of carbonyl (C=O) groups excluding carboxylic acids is 1. The number of rotatable bonds is 37. The minimum Gasteiger partial charge on any atom is -0.756 e. The summed E-state index contributed by atoms with van der Waals surface area (Å²) in [5.74, 6) is -0.224. The molecular weight excluding hydrogens is 707 g/mol. The van der Waals surface area contributed by atoms with Crippen LogP contribution in [0.25, 0.3) is 0 Å². The number of carbonyl (C=O) groups is 1. The summed E-state index contributed by atoms with van der Waals surface area (Å²) in [6, 6.07) is -0.914. The average Bonchev–Trinajstić information content (AvgIpc) is 3.13. The number of nitrogens with zero attached hydrogens (tertiary/aromatic N) is 1. The van der Waals surface area contributed by atoms with Crippen molar-refractivity contribution >= 4 is 13.7 Å². The van der Waals surface area contributed by atoms with Gasteiger partial charge in [0.15, 0.2) is 0 Å². The Morgan fingerprint density at radius 2 is 1.07 bits per heavy atom. The molecule has 2 N–H and O–H groups in total. The summed E-state index contributed by atoms with van der Waals surface area (Å²) in [6.07, 6.45) is 50.7. The van der Waals surface area contributed by atoms with Crippen molar-refractivity contribution in [3.63, 3.8) is 0 Å². The standard InChI is InChI=1S/C46H81N2O6P/c1-6-8-10-12-14-16-18-19-20-21-22-23-24-25-26-27-28-29-30-32-34-36-38-40-46(50)47-44(43-54-55(51,52)53-42-41-48(3,4)5)45(49)39-37-35-33-31-17-15-13-11-9-7-2/h8-11,14,16-17,19-20,22-23,31,37,39,44-45,49H,6-7,12-13,15,18,21,24-30,32-36,38,40-43H2,1-5H3,(H-,47,50,51,52)/b10-8-,11-9+,16-14-,20-19-,23-22-,31-17+,39-37+. The smallest absolute Gasteiger partial charge is 0.268 e. The highest BCUT2D eigenvalue weighted by atomic mass is 31.2. The van der Waals surface area contributed by atoms with E-state index in [4.69, 9.17) is 9.05 Å². The topological polar surface area (TPSA) is 108 Å². The van der Waals surface area contributed by atoms with Crippen LogP contribution in [0.2, 0.25) is 0 Å². The summed E-state index contributed by atoms with van der Waals surface area (Å²) in [7, 11) is 1.21. The van der Waals surface area contributed by atoms with Gasteiger partial charge in [-0.25, -0.2) is 0 Å². The Kier molecular flexibility index (Phi) is 35.7. The molecule has 0 spiro atoms. The fraction of sp³-hybridized carbons (Fsp3) is 0.674. The Balaban J connectivity index is 4.33. The van der Waals surface area contributed by atoms with Gasteiger partial charge in [-0.05, 0) is 77.0 Å². The molecule has 0 aromatic rings. The van der Waals surface area contributed by atoms with Crippen LogP contribution in [0.4, 0.5) is 0 Å². The van der Waals surface area contributed by atoms with Crippen LogP contribution in [-0.2, 0) is 18.4 Å². The average molecular weight is 789 g/mol. The lowest BCUT2D eigenvalue weighted by atomic mass is 10.0. The second-order valence-corrected chi connectivity index (χ2v) is 16.7. The molecule has 9 heteroatoms. The fourth-order valence-electron chi connectivity index (χ4n) is 5.47. The Bertz CT molecular complexity index is 1170. The first kappa shape index (κ1) is 52.7. The largest absolute Gasteiger partial charge is 0.756 e. The first-order valence-corrected chi connectivity index (χ1v) is 22.9. The second kappa shape index (κ2) is 37.3. The molecule has 0 aromatic heterocycles. The number of hydrogen-bond acceptors (Lipinski definition) is 6. The highest BCUT2D eigenvalue weighted by Gasteiger charge is 2.23. The van der Waals surface area contributed by atoms with E-state index < -0.39 is 26.6 Å². The number of phosphoric acid groups is 1. The van der Waals surface area contributed by atoms with Gasteiger partial charge in [0, 0.05) is 6.42 Å². The van der Waals surface area contributed by atoms with Crippen LogP contribution < -0.4 is 10.2 Å². The van der Waals surface area contributed by atoms with Crippen molar-refractivity contribution in [1.82, 2.24) is 5.32 Å². The normalized spacial score (nSPS) is 15.3. The number of quaternary nitrogens is 1. The lowest BCUT2D eigenvalue weighted by molar-refractivity contribution is -0.870. The van der Waals surface area contributed by atoms with Gasteiger partial charge in [-0.1, -0.05) is 150 Å². The molecule has 0 fully saturated rings. The van der Waals surface area contributed by atoms with Crippen molar-refractivity contribution in [2.75, 3.05) is 40.9 Å². The molecule has 0 radical (unpaired) electrons. The van der Waals surface area contributed by atoms with Crippen molar-refractivity contribution < 1.29 is 32.9 Å². The lowest BCUT2D eigenvalue weighted by Crippen LogP contribution is -2.45. The molecule has 0 aliphatic rings. The van der Waals surface area contributed by atoms with Crippen LogP contribution >= 0.6 is 7.82 Å². The van der Waals surface area contributed by atoms with Gasteiger partial charge in [0.1, 0.15) is 13.2 Å². The summed E-state index contributed by atoms with van der Waals surface area (Å²) in [4.78, 5) is 25.2. The summed E-state index contributed by atoms with van der Waals surface area (Å²) in [5, 5.41) is 13.7. The van der Waals surface area contributed by atoms with Gasteiger partial charge in [-0.3, -0.25) is 9.36 Å². The molecule has 3 atom stereocenters. The molecule has 0 saturated carbocycles. The first-order valence-electron chi connectivity index (χ1n) is 21.4. The van der Waals surface area contributed by atoms with E-state index in [9.17, 15) is 19.4 Å². The SMILES string of the molecule is CC/C=C\C/C=C\C/C=C\C/C=C\CCCCCCCCCCCCC(=O)NC(COP(=O)([O-])OCC[N+](C)(C)C)C(O)/C=C/CC/C=C/CC/C=C/CC. The van der Waals surface area contributed by atoms with Crippen LogP contribution in [0.15, 0.2) is 85.1 Å². The Morgan fingerprint density at radius 1 is 0.636 bits per heavy atom. The van der Waals surface area contributed by atoms with E-state index in [0.29, 0.717) is 17.4 Å². The third-order valence-electron chi connectivity index (χ3n) is 8.83. The molecule has 0 bridgehead atoms. The summed E-state index contributed by atoms with van der Waals surface area (Å²) in [5.41, 5.74) is 0. The highest BCUT2D eigenvalue weighted by molar-refractivity contribution is 7.45. The lowest BCUT2D eigenvalue weighted by Gasteiger charge is -2.29. The molecule has 0 aromatic carbocycles. The molecule has 3 unspecified atom stereocenters. The zero-order chi connectivity index (χ0) is 40.7. The van der Waals surface area contributed by atoms with E-state index in [1.54, 1.807) is 6.08 Å². The summed E-state index contributed by atoms with van der Waals surface area (Å²) < 4.78 is 23.1. The molecule has 0 rings (SSSR count). The molecule has 55 heavy (non-hydrogen) atoms. The maximum absolute atomic E-state index is 12.8. The van der Waals surface area contributed by atoms with Gasteiger partial charge < -0.3 is 28.8 Å². The molecular formula is C46H81N2O6P. The first-order chi connectivity index (χ1) is 26.5. The number of likely N-dealkylation sites (N-methyl/N-ethyl adjacent to an activating group) is 1. The number of unbranched alkanes of at least 4 members (excludes halogenated alkanes) is 12. The third kappa shape index (κ3) is 39.7. The van der Waals surface area contributed by atoms with Crippen LogP contribution in [0.1, 0.15) is 149 Å². The zero-order valence-electron chi connectivity index (χ0n) is 35.6. The summed E-state index contributed by atoms with van der Waals surface area (Å²) >= 11 is 0. The van der Waals surface area contributed by atoms with Crippen molar-refractivity contribution in [1.29, 1.82) is 0 Å². The molecule has 0 saturated heterocycles. The van der Waals surface area contributed by atoms with Gasteiger partial charge >= 0.3 is 0 Å². The van der Waals surface area contributed by atoms with Crippen LogP contribution in [0.3, 0.4) is 0 Å². The van der Waals surface area contributed by atoms with E-state index in [-0.39, 0.29) is 12.5 Å². The van der Waals surface area contributed by atoms with Crippen LogP contribution in [0, 0.1) is 0 Å². The maximum Gasteiger partial charge on any atom is 0.268 e. The molecule has 316 valence electrons. The number of hydrogen-bond donors (Lipinski definition) is 2. The molecule has 0 aliphatic heterocycles. The number of allylic oxidation sites excluding steroid dienone is 13. The van der Waals surface area contributed by atoms with E-state index in [0.717, 1.165) is 83.5 Å². The van der Waals surface area contributed by atoms with Crippen molar-refractivity contribution in [2.24, 2.45) is 0 Å². The molecule has 0 heterocycles. The predicted molar refractivity (Wildman–Crippen MR) is 233 cm³/mol. The third-order valence-corrected chi connectivity index (χ3v) is 9.79.